The van der Waals surface area contributed by atoms with Gasteiger partial charge in [0.25, 0.3) is 10.0 Å². The monoisotopic (exact) mass is 389 g/mol. The molecule has 0 saturated heterocycles. The summed E-state index contributed by atoms with van der Waals surface area (Å²) in [6.07, 6.45) is -3.03. The van der Waals surface area contributed by atoms with E-state index < -0.39 is 27.2 Å². The summed E-state index contributed by atoms with van der Waals surface area (Å²) in [5, 5.41) is 4.38. The van der Waals surface area contributed by atoms with E-state index >= 15 is 0 Å². The van der Waals surface area contributed by atoms with Crippen LogP contribution in [-0.2, 0) is 21.6 Å². The van der Waals surface area contributed by atoms with Crippen LogP contribution in [0.2, 0.25) is 0 Å². The van der Waals surface area contributed by atoms with E-state index in [9.17, 15) is 21.6 Å². The van der Waals surface area contributed by atoms with Gasteiger partial charge in [-0.15, -0.1) is 0 Å². The second-order valence-corrected chi connectivity index (χ2v) is 9.00. The SMILES string of the molecule is CC(C)n1cc(S(=O)(=O)Nc2ccc(C(F)(F)F)cc2)c(C(C)(C)C)n1. The first-order valence-electron chi connectivity index (χ1n) is 8.01. The highest BCUT2D eigenvalue weighted by atomic mass is 32.2. The van der Waals surface area contributed by atoms with Crippen molar-refractivity contribution in [2.24, 2.45) is 0 Å². The first-order valence-corrected chi connectivity index (χ1v) is 9.50. The standard InChI is InChI=1S/C17H22F3N3O2S/c1-11(2)23-10-14(15(21-23)16(3,4)5)26(24,25)22-13-8-6-12(7-9-13)17(18,19)20/h6-11,22H,1-5H3. The second kappa shape index (κ2) is 6.61. The quantitative estimate of drug-likeness (QED) is 0.832. The van der Waals surface area contributed by atoms with Gasteiger partial charge in [-0.1, -0.05) is 20.8 Å². The van der Waals surface area contributed by atoms with E-state index in [1.54, 1.807) is 4.68 Å². The summed E-state index contributed by atoms with van der Waals surface area (Å²) in [7, 11) is -4.00. The predicted octanol–water partition coefficient (Wildman–Crippen LogP) is 4.58. The molecule has 0 aliphatic heterocycles. The largest absolute Gasteiger partial charge is 0.416 e. The minimum atomic E-state index is -4.48. The molecule has 0 spiro atoms. The minimum Gasteiger partial charge on any atom is -0.280 e. The van der Waals surface area contributed by atoms with Gasteiger partial charge in [-0.25, -0.2) is 8.42 Å². The molecule has 1 heterocycles. The zero-order valence-corrected chi connectivity index (χ0v) is 16.0. The highest BCUT2D eigenvalue weighted by molar-refractivity contribution is 7.92. The van der Waals surface area contributed by atoms with Gasteiger partial charge >= 0.3 is 6.18 Å². The number of hydrogen-bond donors (Lipinski definition) is 1. The van der Waals surface area contributed by atoms with Crippen LogP contribution in [0.1, 0.15) is 51.9 Å². The molecule has 1 aromatic heterocycles. The van der Waals surface area contributed by atoms with Crippen LogP contribution in [0.5, 0.6) is 0 Å². The van der Waals surface area contributed by atoms with Gasteiger partial charge in [0.05, 0.1) is 11.3 Å². The van der Waals surface area contributed by atoms with E-state index in [2.05, 4.69) is 9.82 Å². The average Bonchev–Trinajstić information content (AvgIpc) is 2.92. The maximum absolute atomic E-state index is 12.8. The highest BCUT2D eigenvalue weighted by Crippen LogP contribution is 2.32. The number of sulfonamides is 1. The van der Waals surface area contributed by atoms with Crippen molar-refractivity contribution in [3.63, 3.8) is 0 Å². The van der Waals surface area contributed by atoms with Crippen molar-refractivity contribution in [1.82, 2.24) is 9.78 Å². The number of nitrogens with one attached hydrogen (secondary N) is 1. The van der Waals surface area contributed by atoms with Crippen LogP contribution >= 0.6 is 0 Å². The van der Waals surface area contributed by atoms with Crippen molar-refractivity contribution in [2.45, 2.75) is 57.1 Å². The van der Waals surface area contributed by atoms with Crippen LogP contribution in [0.25, 0.3) is 0 Å². The molecular weight excluding hydrogens is 367 g/mol. The Kier molecular flexibility index (Phi) is 5.15. The molecule has 1 aromatic carbocycles. The van der Waals surface area contributed by atoms with E-state index in [4.69, 9.17) is 0 Å². The molecule has 0 aliphatic rings. The van der Waals surface area contributed by atoms with Crippen LogP contribution in [0.3, 0.4) is 0 Å². The van der Waals surface area contributed by atoms with Crippen LogP contribution in [0.15, 0.2) is 35.4 Å². The Morgan fingerprint density at radius 1 is 1.08 bits per heavy atom. The fourth-order valence-corrected chi connectivity index (χ4v) is 3.70. The maximum atomic E-state index is 12.8. The first kappa shape index (κ1) is 20.3. The smallest absolute Gasteiger partial charge is 0.280 e. The Labute approximate surface area is 151 Å². The number of alkyl halides is 3. The molecule has 0 unspecified atom stereocenters. The van der Waals surface area contributed by atoms with E-state index in [1.807, 2.05) is 34.6 Å². The van der Waals surface area contributed by atoms with Gasteiger partial charge in [0, 0.05) is 23.3 Å². The van der Waals surface area contributed by atoms with Crippen molar-refractivity contribution in [2.75, 3.05) is 4.72 Å². The lowest BCUT2D eigenvalue weighted by Crippen LogP contribution is -2.20. The molecule has 2 aromatic rings. The molecule has 9 heteroatoms. The molecule has 26 heavy (non-hydrogen) atoms. The molecule has 0 saturated carbocycles. The van der Waals surface area contributed by atoms with Crippen LogP contribution in [-0.4, -0.2) is 18.2 Å². The third kappa shape index (κ3) is 4.38. The number of aromatic nitrogens is 2. The van der Waals surface area contributed by atoms with E-state index in [-0.39, 0.29) is 16.6 Å². The average molecular weight is 389 g/mol. The van der Waals surface area contributed by atoms with Crippen molar-refractivity contribution in [3.8, 4) is 0 Å². The summed E-state index contributed by atoms with van der Waals surface area (Å²) in [5.41, 5.74) is -0.922. The van der Waals surface area contributed by atoms with Gasteiger partial charge in [-0.05, 0) is 38.1 Å². The lowest BCUT2D eigenvalue weighted by atomic mass is 9.92. The number of halogens is 3. The molecule has 2 rings (SSSR count). The van der Waals surface area contributed by atoms with E-state index in [0.717, 1.165) is 24.3 Å². The molecule has 0 bridgehead atoms. The summed E-state index contributed by atoms with van der Waals surface area (Å²) in [4.78, 5) is 0.0126. The molecule has 0 radical (unpaired) electrons. The number of benzene rings is 1. The Hall–Kier alpha value is -2.03. The Balaban J connectivity index is 2.42. The van der Waals surface area contributed by atoms with Crippen LogP contribution in [0, 0.1) is 0 Å². The van der Waals surface area contributed by atoms with Gasteiger partial charge in [0.2, 0.25) is 0 Å². The van der Waals surface area contributed by atoms with Gasteiger partial charge in [-0.2, -0.15) is 18.3 Å². The fraction of sp³-hybridized carbons (Fsp3) is 0.471. The molecule has 0 fully saturated rings. The van der Waals surface area contributed by atoms with Crippen LogP contribution in [0.4, 0.5) is 18.9 Å². The lowest BCUT2D eigenvalue weighted by molar-refractivity contribution is -0.137. The summed E-state index contributed by atoms with van der Waals surface area (Å²) >= 11 is 0. The molecule has 0 amide bonds. The molecule has 0 atom stereocenters. The summed E-state index contributed by atoms with van der Waals surface area (Å²) in [5.74, 6) is 0. The van der Waals surface area contributed by atoms with Crippen molar-refractivity contribution in [1.29, 1.82) is 0 Å². The van der Waals surface area contributed by atoms with Crippen molar-refractivity contribution in [3.05, 3.63) is 41.7 Å². The van der Waals surface area contributed by atoms with Gasteiger partial charge in [-0.3, -0.25) is 9.40 Å². The van der Waals surface area contributed by atoms with Gasteiger partial charge in [0.1, 0.15) is 4.90 Å². The molecule has 1 N–H and O–H groups in total. The lowest BCUT2D eigenvalue weighted by Gasteiger charge is -2.18. The van der Waals surface area contributed by atoms with Crippen LogP contribution < -0.4 is 4.72 Å². The second-order valence-electron chi connectivity index (χ2n) is 7.35. The van der Waals surface area contributed by atoms with Crippen molar-refractivity contribution < 1.29 is 21.6 Å². The Morgan fingerprint density at radius 2 is 1.62 bits per heavy atom. The number of nitrogens with zero attached hydrogens (tertiary/aromatic N) is 2. The molecule has 144 valence electrons. The zero-order chi connectivity index (χ0) is 19.9. The number of hydrogen-bond acceptors (Lipinski definition) is 3. The third-order valence-corrected chi connectivity index (χ3v) is 5.07. The minimum absolute atomic E-state index is 0.0126. The van der Waals surface area contributed by atoms with E-state index in [1.165, 1.54) is 6.20 Å². The Morgan fingerprint density at radius 3 is 2.04 bits per heavy atom. The molecular formula is C17H22F3N3O2S. The number of rotatable bonds is 4. The maximum Gasteiger partial charge on any atom is 0.416 e. The molecule has 5 nitrogen and oxygen atoms in total. The fourth-order valence-electron chi connectivity index (χ4n) is 2.29. The predicted molar refractivity (Wildman–Crippen MR) is 93.6 cm³/mol. The first-order chi connectivity index (χ1) is 11.7. The summed E-state index contributed by atoms with van der Waals surface area (Å²) < 4.78 is 67.4. The topological polar surface area (TPSA) is 64.0 Å². The third-order valence-electron chi connectivity index (χ3n) is 3.69. The van der Waals surface area contributed by atoms with Gasteiger partial charge in [0.15, 0.2) is 0 Å². The normalized spacial score (nSPS) is 13.3. The summed E-state index contributed by atoms with van der Waals surface area (Å²) in [6, 6.07) is 3.81. The molecule has 0 aliphatic carbocycles. The highest BCUT2D eigenvalue weighted by Gasteiger charge is 2.32. The van der Waals surface area contributed by atoms with Gasteiger partial charge < -0.3 is 0 Å². The zero-order valence-electron chi connectivity index (χ0n) is 15.2. The summed E-state index contributed by atoms with van der Waals surface area (Å²) in [6.45, 7) is 9.28. The number of anilines is 1. The van der Waals surface area contributed by atoms with E-state index in [0.29, 0.717) is 5.69 Å². The van der Waals surface area contributed by atoms with Crippen molar-refractivity contribution >= 4 is 15.7 Å². The Bertz CT molecular complexity index is 877.